The first-order chi connectivity index (χ1) is 12.6. The molecule has 2 nitrogen and oxygen atoms in total. The highest BCUT2D eigenvalue weighted by Crippen LogP contribution is 2.32. The number of halogens is 2. The van der Waals surface area contributed by atoms with E-state index in [1.54, 1.807) is 24.3 Å². The summed E-state index contributed by atoms with van der Waals surface area (Å²) in [6.07, 6.45) is 3.52. The van der Waals surface area contributed by atoms with Crippen LogP contribution < -0.4 is 9.47 Å². The second-order valence-electron chi connectivity index (χ2n) is 5.78. The minimum absolute atomic E-state index is 0.0816. The first-order valence-corrected chi connectivity index (χ1v) is 8.53. The molecule has 0 aromatic heterocycles. The first-order valence-electron chi connectivity index (χ1n) is 8.53. The Hall–Kier alpha value is -2.88. The standard InChI is InChI=1S/C22H20F2O2/c1-3-5-12-26-20-14-17-7-6-16(13-19(17)21(23)22(20)24)15-8-10-18(11-9-15)25-4-2/h3,5-11,13-14H,4,12H2,1-2H3. The number of fused-ring (bicyclic) bond motifs is 1. The molecule has 3 aromatic carbocycles. The van der Waals surface area contributed by atoms with Crippen LogP contribution in [-0.2, 0) is 0 Å². The monoisotopic (exact) mass is 354 g/mol. The maximum absolute atomic E-state index is 14.5. The molecule has 0 spiro atoms. The molecular weight excluding hydrogens is 334 g/mol. The third-order valence-electron chi connectivity index (χ3n) is 4.05. The van der Waals surface area contributed by atoms with Crippen LogP contribution in [0.5, 0.6) is 11.5 Å². The van der Waals surface area contributed by atoms with Gasteiger partial charge in [0.25, 0.3) is 0 Å². The van der Waals surface area contributed by atoms with Gasteiger partial charge in [-0.15, -0.1) is 0 Å². The van der Waals surface area contributed by atoms with Crippen molar-refractivity contribution in [2.24, 2.45) is 0 Å². The van der Waals surface area contributed by atoms with Crippen molar-refractivity contribution in [3.8, 4) is 22.6 Å². The summed E-state index contributed by atoms with van der Waals surface area (Å²) in [6.45, 7) is 4.55. The van der Waals surface area contributed by atoms with Crippen LogP contribution in [0.1, 0.15) is 13.8 Å². The van der Waals surface area contributed by atoms with Gasteiger partial charge in [0.1, 0.15) is 12.4 Å². The zero-order chi connectivity index (χ0) is 18.5. The Balaban J connectivity index is 1.98. The van der Waals surface area contributed by atoms with Gasteiger partial charge in [-0.3, -0.25) is 0 Å². The van der Waals surface area contributed by atoms with Crippen LogP contribution in [0.25, 0.3) is 21.9 Å². The Labute approximate surface area is 151 Å². The summed E-state index contributed by atoms with van der Waals surface area (Å²) in [5, 5.41) is 0.821. The van der Waals surface area contributed by atoms with Crippen molar-refractivity contribution >= 4 is 10.8 Å². The predicted octanol–water partition coefficient (Wildman–Crippen LogP) is 6.14. The van der Waals surface area contributed by atoms with Crippen LogP contribution in [0.4, 0.5) is 8.78 Å². The van der Waals surface area contributed by atoms with E-state index in [1.807, 2.05) is 44.2 Å². The quantitative estimate of drug-likeness (QED) is 0.495. The highest BCUT2D eigenvalue weighted by molar-refractivity contribution is 5.89. The van der Waals surface area contributed by atoms with Crippen molar-refractivity contribution < 1.29 is 18.3 Å². The number of hydrogen-bond donors (Lipinski definition) is 0. The third-order valence-corrected chi connectivity index (χ3v) is 4.05. The van der Waals surface area contributed by atoms with Crippen LogP contribution in [-0.4, -0.2) is 13.2 Å². The molecule has 0 N–H and O–H groups in total. The van der Waals surface area contributed by atoms with Gasteiger partial charge in [0.15, 0.2) is 11.6 Å². The normalized spacial score (nSPS) is 11.2. The average molecular weight is 354 g/mol. The zero-order valence-corrected chi connectivity index (χ0v) is 14.8. The van der Waals surface area contributed by atoms with E-state index in [4.69, 9.17) is 9.47 Å². The summed E-state index contributed by atoms with van der Waals surface area (Å²) < 4.78 is 39.6. The Morgan fingerprint density at radius 3 is 2.31 bits per heavy atom. The summed E-state index contributed by atoms with van der Waals surface area (Å²) in [7, 11) is 0. The Kier molecular flexibility index (Phi) is 5.52. The summed E-state index contributed by atoms with van der Waals surface area (Å²) in [4.78, 5) is 0. The van der Waals surface area contributed by atoms with E-state index in [-0.39, 0.29) is 17.7 Å². The van der Waals surface area contributed by atoms with E-state index in [0.717, 1.165) is 16.9 Å². The summed E-state index contributed by atoms with van der Waals surface area (Å²) in [5.41, 5.74) is 1.71. The number of rotatable bonds is 6. The van der Waals surface area contributed by atoms with Crippen molar-refractivity contribution in [2.75, 3.05) is 13.2 Å². The summed E-state index contributed by atoms with van der Waals surface area (Å²) in [6, 6.07) is 14.3. The molecule has 0 atom stereocenters. The fourth-order valence-electron chi connectivity index (χ4n) is 2.73. The van der Waals surface area contributed by atoms with Gasteiger partial charge in [-0.1, -0.05) is 36.4 Å². The highest BCUT2D eigenvalue weighted by atomic mass is 19.2. The predicted molar refractivity (Wildman–Crippen MR) is 101 cm³/mol. The molecule has 134 valence electrons. The Morgan fingerprint density at radius 2 is 1.62 bits per heavy atom. The van der Waals surface area contributed by atoms with E-state index >= 15 is 0 Å². The van der Waals surface area contributed by atoms with Crippen LogP contribution >= 0.6 is 0 Å². The van der Waals surface area contributed by atoms with Crippen LogP contribution in [0.2, 0.25) is 0 Å². The molecule has 4 heteroatoms. The van der Waals surface area contributed by atoms with Gasteiger partial charge in [0.2, 0.25) is 5.82 Å². The van der Waals surface area contributed by atoms with Crippen LogP contribution in [0.15, 0.2) is 60.7 Å². The van der Waals surface area contributed by atoms with Crippen LogP contribution in [0, 0.1) is 11.6 Å². The van der Waals surface area contributed by atoms with Gasteiger partial charge < -0.3 is 9.47 Å². The molecule has 3 rings (SSSR count). The van der Waals surface area contributed by atoms with E-state index in [9.17, 15) is 8.78 Å². The molecule has 0 heterocycles. The Bertz CT molecular complexity index is 931. The summed E-state index contributed by atoms with van der Waals surface area (Å²) >= 11 is 0. The van der Waals surface area contributed by atoms with Gasteiger partial charge in [0, 0.05) is 5.39 Å². The number of benzene rings is 3. The molecule has 0 radical (unpaired) electrons. The molecule has 0 saturated heterocycles. The largest absolute Gasteiger partial charge is 0.494 e. The SMILES string of the molecule is CC=CCOc1cc2ccc(-c3ccc(OCC)cc3)cc2c(F)c1F. The lowest BCUT2D eigenvalue weighted by atomic mass is 10.0. The summed E-state index contributed by atoms with van der Waals surface area (Å²) in [5.74, 6) is -1.17. The van der Waals surface area contributed by atoms with Crippen molar-refractivity contribution in [1.82, 2.24) is 0 Å². The van der Waals surface area contributed by atoms with Crippen molar-refractivity contribution in [1.29, 1.82) is 0 Å². The van der Waals surface area contributed by atoms with E-state index in [0.29, 0.717) is 12.0 Å². The van der Waals surface area contributed by atoms with Gasteiger partial charge in [-0.2, -0.15) is 4.39 Å². The molecule has 26 heavy (non-hydrogen) atoms. The third kappa shape index (κ3) is 3.69. The van der Waals surface area contributed by atoms with Gasteiger partial charge in [-0.05, 0) is 54.6 Å². The number of allylic oxidation sites excluding steroid dienone is 1. The fourth-order valence-corrected chi connectivity index (χ4v) is 2.73. The lowest BCUT2D eigenvalue weighted by molar-refractivity contribution is 0.334. The molecule has 0 amide bonds. The second kappa shape index (κ2) is 8.00. The molecule has 0 bridgehead atoms. The van der Waals surface area contributed by atoms with Crippen molar-refractivity contribution in [2.45, 2.75) is 13.8 Å². The molecule has 0 unspecified atom stereocenters. The molecule has 3 aromatic rings. The molecule has 0 fully saturated rings. The Morgan fingerprint density at radius 1 is 0.885 bits per heavy atom. The molecular formula is C22H20F2O2. The maximum atomic E-state index is 14.5. The zero-order valence-electron chi connectivity index (χ0n) is 14.8. The van der Waals surface area contributed by atoms with E-state index in [2.05, 4.69) is 0 Å². The van der Waals surface area contributed by atoms with Gasteiger partial charge >= 0.3 is 0 Å². The number of ether oxygens (including phenoxy) is 2. The lowest BCUT2D eigenvalue weighted by Gasteiger charge is -2.10. The molecule has 0 aliphatic carbocycles. The molecule has 0 aliphatic rings. The van der Waals surface area contributed by atoms with Gasteiger partial charge in [0.05, 0.1) is 6.61 Å². The molecule has 0 aliphatic heterocycles. The minimum Gasteiger partial charge on any atom is -0.494 e. The van der Waals surface area contributed by atoms with Crippen molar-refractivity contribution in [3.05, 3.63) is 72.3 Å². The smallest absolute Gasteiger partial charge is 0.201 e. The van der Waals surface area contributed by atoms with Crippen molar-refractivity contribution in [3.63, 3.8) is 0 Å². The number of hydrogen-bond acceptors (Lipinski definition) is 2. The lowest BCUT2D eigenvalue weighted by Crippen LogP contribution is -1.99. The van der Waals surface area contributed by atoms with Gasteiger partial charge in [-0.25, -0.2) is 4.39 Å². The first kappa shape index (κ1) is 17.9. The topological polar surface area (TPSA) is 18.5 Å². The van der Waals surface area contributed by atoms with Crippen LogP contribution in [0.3, 0.4) is 0 Å². The maximum Gasteiger partial charge on any atom is 0.201 e. The highest BCUT2D eigenvalue weighted by Gasteiger charge is 2.15. The molecule has 0 saturated carbocycles. The van der Waals surface area contributed by atoms with E-state index in [1.165, 1.54) is 6.07 Å². The second-order valence-corrected chi connectivity index (χ2v) is 5.78. The fraction of sp³-hybridized carbons (Fsp3) is 0.182. The van der Waals surface area contributed by atoms with E-state index < -0.39 is 11.6 Å². The average Bonchev–Trinajstić information content (AvgIpc) is 2.66. The minimum atomic E-state index is -0.967.